The summed E-state index contributed by atoms with van der Waals surface area (Å²) in [6.07, 6.45) is 5.40. The first-order chi connectivity index (χ1) is 9.24. The Morgan fingerprint density at radius 1 is 1.47 bits per heavy atom. The molecule has 0 saturated carbocycles. The van der Waals surface area contributed by atoms with E-state index in [0.29, 0.717) is 16.8 Å². The van der Waals surface area contributed by atoms with Gasteiger partial charge in [-0.25, -0.2) is 0 Å². The molecular weight excluding hydrogens is 264 g/mol. The van der Waals surface area contributed by atoms with Crippen molar-refractivity contribution in [2.45, 2.75) is 18.9 Å². The molecule has 0 bridgehead atoms. The van der Waals surface area contributed by atoms with E-state index in [2.05, 4.69) is 25.1 Å². The second kappa shape index (κ2) is 5.14. The van der Waals surface area contributed by atoms with E-state index in [-0.39, 0.29) is 6.04 Å². The third kappa shape index (κ3) is 2.54. The molecule has 3 N–H and O–H groups in total. The van der Waals surface area contributed by atoms with E-state index in [1.54, 1.807) is 12.4 Å². The minimum absolute atomic E-state index is 0.195. The molecule has 6 nitrogen and oxygen atoms in total. The number of piperidine rings is 1. The van der Waals surface area contributed by atoms with Crippen LogP contribution in [0.25, 0.3) is 11.4 Å². The van der Waals surface area contributed by atoms with E-state index in [1.807, 2.05) is 6.07 Å². The van der Waals surface area contributed by atoms with Crippen molar-refractivity contribution in [1.29, 1.82) is 0 Å². The molecule has 0 spiro atoms. The summed E-state index contributed by atoms with van der Waals surface area (Å²) < 4.78 is 0. The van der Waals surface area contributed by atoms with Gasteiger partial charge in [0.1, 0.15) is 0 Å². The first-order valence-corrected chi connectivity index (χ1v) is 6.64. The van der Waals surface area contributed by atoms with Gasteiger partial charge in [0, 0.05) is 37.1 Å². The number of nitrogens with one attached hydrogen (secondary N) is 1. The SMILES string of the molecule is NC1CCCN(c2n[nH]c(-c3ccncc3Cl)n2)C1. The predicted octanol–water partition coefficient (Wildman–Crippen LogP) is 1.45. The topological polar surface area (TPSA) is 83.7 Å². The van der Waals surface area contributed by atoms with Gasteiger partial charge in [-0.05, 0) is 18.9 Å². The first kappa shape index (κ1) is 12.4. The van der Waals surface area contributed by atoms with E-state index < -0.39 is 0 Å². The van der Waals surface area contributed by atoms with Crippen LogP contribution in [-0.2, 0) is 0 Å². The zero-order chi connectivity index (χ0) is 13.2. The molecule has 2 aromatic heterocycles. The van der Waals surface area contributed by atoms with Crippen LogP contribution in [0.3, 0.4) is 0 Å². The number of halogens is 1. The smallest absolute Gasteiger partial charge is 0.245 e. The highest BCUT2D eigenvalue weighted by molar-refractivity contribution is 6.33. The van der Waals surface area contributed by atoms with E-state index in [9.17, 15) is 0 Å². The summed E-state index contributed by atoms with van der Waals surface area (Å²) in [5.41, 5.74) is 6.77. The first-order valence-electron chi connectivity index (χ1n) is 6.27. The van der Waals surface area contributed by atoms with Gasteiger partial charge in [0.05, 0.1) is 5.02 Å². The largest absolute Gasteiger partial charge is 0.338 e. The summed E-state index contributed by atoms with van der Waals surface area (Å²) in [5, 5.41) is 7.72. The fourth-order valence-electron chi connectivity index (χ4n) is 2.27. The van der Waals surface area contributed by atoms with Crippen molar-refractivity contribution in [2.24, 2.45) is 5.73 Å². The predicted molar refractivity (Wildman–Crippen MR) is 74.0 cm³/mol. The minimum atomic E-state index is 0.195. The minimum Gasteiger partial charge on any atom is -0.338 e. The number of aromatic nitrogens is 4. The second-order valence-corrected chi connectivity index (χ2v) is 5.10. The second-order valence-electron chi connectivity index (χ2n) is 4.69. The Morgan fingerprint density at radius 2 is 2.37 bits per heavy atom. The van der Waals surface area contributed by atoms with Gasteiger partial charge in [-0.3, -0.25) is 10.1 Å². The molecule has 0 aromatic carbocycles. The molecule has 1 unspecified atom stereocenters. The Hall–Kier alpha value is -1.66. The molecule has 19 heavy (non-hydrogen) atoms. The fourth-order valence-corrected chi connectivity index (χ4v) is 2.48. The van der Waals surface area contributed by atoms with Crippen LogP contribution < -0.4 is 10.6 Å². The monoisotopic (exact) mass is 278 g/mol. The molecule has 1 aliphatic rings. The normalized spacial score (nSPS) is 19.7. The van der Waals surface area contributed by atoms with Crippen molar-refractivity contribution >= 4 is 17.5 Å². The van der Waals surface area contributed by atoms with Crippen LogP contribution in [0.2, 0.25) is 5.02 Å². The van der Waals surface area contributed by atoms with Gasteiger partial charge in [-0.15, -0.1) is 5.10 Å². The number of hydrogen-bond acceptors (Lipinski definition) is 5. The molecule has 0 radical (unpaired) electrons. The summed E-state index contributed by atoms with van der Waals surface area (Å²) in [4.78, 5) is 10.5. The number of nitrogens with two attached hydrogens (primary N) is 1. The molecule has 1 atom stereocenters. The maximum Gasteiger partial charge on any atom is 0.245 e. The highest BCUT2D eigenvalue weighted by atomic mass is 35.5. The van der Waals surface area contributed by atoms with Gasteiger partial charge >= 0.3 is 0 Å². The van der Waals surface area contributed by atoms with Crippen LogP contribution in [0.4, 0.5) is 5.95 Å². The zero-order valence-electron chi connectivity index (χ0n) is 10.4. The maximum absolute atomic E-state index is 6.09. The summed E-state index contributed by atoms with van der Waals surface area (Å²) in [6, 6.07) is 2.01. The van der Waals surface area contributed by atoms with Crippen molar-refractivity contribution in [1.82, 2.24) is 20.2 Å². The molecule has 1 saturated heterocycles. The van der Waals surface area contributed by atoms with Gasteiger partial charge in [-0.1, -0.05) is 11.6 Å². The van der Waals surface area contributed by atoms with E-state index in [0.717, 1.165) is 31.5 Å². The summed E-state index contributed by atoms with van der Waals surface area (Å²) >= 11 is 6.09. The number of nitrogens with zero attached hydrogens (tertiary/aromatic N) is 4. The summed E-state index contributed by atoms with van der Waals surface area (Å²) in [6.45, 7) is 1.73. The Labute approximate surface area is 116 Å². The lowest BCUT2D eigenvalue weighted by molar-refractivity contribution is 0.500. The summed E-state index contributed by atoms with van der Waals surface area (Å²) in [7, 11) is 0. The fraction of sp³-hybridized carbons (Fsp3) is 0.417. The van der Waals surface area contributed by atoms with Gasteiger partial charge in [0.2, 0.25) is 5.95 Å². The van der Waals surface area contributed by atoms with Crippen LogP contribution in [-0.4, -0.2) is 39.3 Å². The molecule has 1 aliphatic heterocycles. The average Bonchev–Trinajstić information content (AvgIpc) is 2.89. The molecule has 0 amide bonds. The molecule has 100 valence electrons. The lowest BCUT2D eigenvalue weighted by atomic mass is 10.1. The number of aromatic amines is 1. The highest BCUT2D eigenvalue weighted by Crippen LogP contribution is 2.25. The Balaban J connectivity index is 1.85. The Kier molecular flexibility index (Phi) is 3.35. The Morgan fingerprint density at radius 3 is 3.16 bits per heavy atom. The van der Waals surface area contributed by atoms with Crippen LogP contribution >= 0.6 is 11.6 Å². The van der Waals surface area contributed by atoms with Crippen LogP contribution in [0, 0.1) is 0 Å². The molecule has 1 fully saturated rings. The number of rotatable bonds is 2. The number of anilines is 1. The van der Waals surface area contributed by atoms with Crippen molar-refractivity contribution in [3.63, 3.8) is 0 Å². The van der Waals surface area contributed by atoms with Crippen LogP contribution in [0.5, 0.6) is 0 Å². The van der Waals surface area contributed by atoms with Gasteiger partial charge < -0.3 is 10.6 Å². The number of H-pyrrole nitrogens is 1. The van der Waals surface area contributed by atoms with Crippen molar-refractivity contribution in [3.05, 3.63) is 23.5 Å². The molecular formula is C12H15ClN6. The van der Waals surface area contributed by atoms with Crippen molar-refractivity contribution in [2.75, 3.05) is 18.0 Å². The quantitative estimate of drug-likeness (QED) is 0.869. The molecule has 3 heterocycles. The maximum atomic E-state index is 6.09. The average molecular weight is 279 g/mol. The third-order valence-corrected chi connectivity index (χ3v) is 3.54. The van der Waals surface area contributed by atoms with E-state index >= 15 is 0 Å². The lowest BCUT2D eigenvalue weighted by Gasteiger charge is -2.29. The highest BCUT2D eigenvalue weighted by Gasteiger charge is 2.20. The molecule has 3 rings (SSSR count). The van der Waals surface area contributed by atoms with E-state index in [1.165, 1.54) is 0 Å². The van der Waals surface area contributed by atoms with Gasteiger partial charge in [0.15, 0.2) is 5.82 Å². The van der Waals surface area contributed by atoms with Gasteiger partial charge in [0.25, 0.3) is 0 Å². The number of hydrogen-bond donors (Lipinski definition) is 2. The third-order valence-electron chi connectivity index (χ3n) is 3.24. The van der Waals surface area contributed by atoms with Gasteiger partial charge in [-0.2, -0.15) is 4.98 Å². The number of pyridine rings is 1. The Bertz CT molecular complexity index is 569. The molecule has 2 aromatic rings. The van der Waals surface area contributed by atoms with Crippen LogP contribution in [0.1, 0.15) is 12.8 Å². The lowest BCUT2D eigenvalue weighted by Crippen LogP contribution is -2.43. The van der Waals surface area contributed by atoms with Crippen molar-refractivity contribution < 1.29 is 0 Å². The van der Waals surface area contributed by atoms with Crippen LogP contribution in [0.15, 0.2) is 18.5 Å². The van der Waals surface area contributed by atoms with E-state index in [4.69, 9.17) is 17.3 Å². The standard InChI is InChI=1S/C12H15ClN6/c13-10-6-15-4-3-9(10)11-16-12(18-17-11)19-5-1-2-8(14)7-19/h3-4,6,8H,1-2,5,7,14H2,(H,16,17,18). The molecule has 7 heteroatoms. The van der Waals surface area contributed by atoms with Crippen molar-refractivity contribution in [3.8, 4) is 11.4 Å². The summed E-state index contributed by atoms with van der Waals surface area (Å²) in [5.74, 6) is 1.33. The molecule has 0 aliphatic carbocycles. The zero-order valence-corrected chi connectivity index (χ0v) is 11.1.